The highest BCUT2D eigenvalue weighted by atomic mass is 19.4. The highest BCUT2D eigenvalue weighted by Gasteiger charge is 2.25. The molecule has 0 aliphatic heterocycles. The van der Waals surface area contributed by atoms with Crippen molar-refractivity contribution in [1.82, 2.24) is 5.32 Å². The Balaban J connectivity index is 2.48. The lowest BCUT2D eigenvalue weighted by molar-refractivity contribution is -0.135. The van der Waals surface area contributed by atoms with E-state index in [4.69, 9.17) is 4.74 Å². The minimum absolute atomic E-state index is 0.0416. The molecule has 0 aliphatic rings. The lowest BCUT2D eigenvalue weighted by Crippen LogP contribution is -2.17. The van der Waals surface area contributed by atoms with Crippen molar-refractivity contribution in [2.45, 2.75) is 32.2 Å². The number of hydrogen-bond donors (Lipinski definition) is 1. The summed E-state index contributed by atoms with van der Waals surface area (Å²) >= 11 is 0. The molecule has 8 heteroatoms. The summed E-state index contributed by atoms with van der Waals surface area (Å²) in [6.07, 6.45) is -5.07. The second-order valence-electron chi connectivity index (χ2n) is 4.26. The molecule has 0 saturated carbocycles. The molecule has 1 rings (SSSR count). The SMILES string of the molecule is COc1ccc(CNCCCC(F)(F)F)cc1OC(F)F. The van der Waals surface area contributed by atoms with Crippen molar-refractivity contribution in [3.05, 3.63) is 23.8 Å². The van der Waals surface area contributed by atoms with Crippen LogP contribution in [0.5, 0.6) is 11.5 Å². The summed E-state index contributed by atoms with van der Waals surface area (Å²) < 4.78 is 69.5. The molecule has 0 heterocycles. The molecule has 0 fully saturated rings. The van der Waals surface area contributed by atoms with Gasteiger partial charge in [0.15, 0.2) is 11.5 Å². The number of rotatable bonds is 8. The van der Waals surface area contributed by atoms with Gasteiger partial charge in [0, 0.05) is 13.0 Å². The van der Waals surface area contributed by atoms with Crippen LogP contribution in [-0.4, -0.2) is 26.4 Å². The summed E-state index contributed by atoms with van der Waals surface area (Å²) in [4.78, 5) is 0. The number of alkyl halides is 5. The zero-order valence-electron chi connectivity index (χ0n) is 11.3. The first-order valence-corrected chi connectivity index (χ1v) is 6.21. The van der Waals surface area contributed by atoms with Crippen LogP contribution in [0.3, 0.4) is 0 Å². The molecule has 0 aliphatic carbocycles. The van der Waals surface area contributed by atoms with E-state index in [1.807, 2.05) is 0 Å². The van der Waals surface area contributed by atoms with Crippen LogP contribution in [0.2, 0.25) is 0 Å². The maximum absolute atomic E-state index is 12.2. The topological polar surface area (TPSA) is 30.5 Å². The lowest BCUT2D eigenvalue weighted by atomic mass is 10.2. The summed E-state index contributed by atoms with van der Waals surface area (Å²) in [7, 11) is 1.32. The summed E-state index contributed by atoms with van der Waals surface area (Å²) in [5, 5.41) is 2.81. The van der Waals surface area contributed by atoms with Crippen LogP contribution in [0.15, 0.2) is 18.2 Å². The predicted molar refractivity (Wildman–Crippen MR) is 66.6 cm³/mol. The van der Waals surface area contributed by atoms with E-state index in [-0.39, 0.29) is 31.0 Å². The van der Waals surface area contributed by atoms with Gasteiger partial charge in [-0.15, -0.1) is 0 Å². The monoisotopic (exact) mass is 313 g/mol. The Bertz CT molecular complexity index is 437. The van der Waals surface area contributed by atoms with Crippen LogP contribution in [0, 0.1) is 0 Å². The Morgan fingerprint density at radius 2 is 1.90 bits per heavy atom. The van der Waals surface area contributed by atoms with Crippen molar-refractivity contribution in [2.24, 2.45) is 0 Å². The van der Waals surface area contributed by atoms with Crippen LogP contribution in [0.1, 0.15) is 18.4 Å². The van der Waals surface area contributed by atoms with Crippen LogP contribution < -0.4 is 14.8 Å². The normalized spacial score (nSPS) is 11.8. The number of ether oxygens (including phenoxy) is 2. The first-order chi connectivity index (χ1) is 9.81. The van der Waals surface area contributed by atoms with Crippen LogP contribution in [0.4, 0.5) is 22.0 Å². The molecule has 0 unspecified atom stereocenters. The van der Waals surface area contributed by atoms with Crippen LogP contribution in [-0.2, 0) is 6.54 Å². The fourth-order valence-electron chi connectivity index (χ4n) is 1.67. The molecule has 0 atom stereocenters. The van der Waals surface area contributed by atoms with Crippen molar-refractivity contribution < 1.29 is 31.4 Å². The molecule has 1 aromatic carbocycles. The second kappa shape index (κ2) is 8.02. The Morgan fingerprint density at radius 3 is 2.48 bits per heavy atom. The molecule has 0 radical (unpaired) electrons. The Morgan fingerprint density at radius 1 is 1.19 bits per heavy atom. The fraction of sp³-hybridized carbons (Fsp3) is 0.538. The quantitative estimate of drug-likeness (QED) is 0.586. The average molecular weight is 313 g/mol. The van der Waals surface area contributed by atoms with Gasteiger partial charge in [0.05, 0.1) is 7.11 Å². The van der Waals surface area contributed by atoms with Crippen molar-refractivity contribution in [2.75, 3.05) is 13.7 Å². The number of nitrogens with one attached hydrogen (secondary N) is 1. The second-order valence-corrected chi connectivity index (χ2v) is 4.26. The molecule has 1 N–H and O–H groups in total. The molecular weight excluding hydrogens is 297 g/mol. The number of benzene rings is 1. The molecular formula is C13H16F5NO2. The van der Waals surface area contributed by atoms with Crippen molar-refractivity contribution in [3.8, 4) is 11.5 Å². The van der Waals surface area contributed by atoms with E-state index in [2.05, 4.69) is 10.1 Å². The number of halogens is 5. The summed E-state index contributed by atoms with van der Waals surface area (Å²) in [6.45, 7) is -2.55. The summed E-state index contributed by atoms with van der Waals surface area (Å²) in [5.74, 6) is 0.0539. The molecule has 0 saturated heterocycles. The lowest BCUT2D eigenvalue weighted by Gasteiger charge is -2.12. The van der Waals surface area contributed by atoms with Crippen molar-refractivity contribution >= 4 is 0 Å². The largest absolute Gasteiger partial charge is 0.493 e. The van der Waals surface area contributed by atoms with E-state index >= 15 is 0 Å². The average Bonchev–Trinajstić information content (AvgIpc) is 2.36. The molecule has 0 bridgehead atoms. The molecule has 21 heavy (non-hydrogen) atoms. The summed E-state index contributed by atoms with van der Waals surface area (Å²) in [5.41, 5.74) is 0.610. The van der Waals surface area contributed by atoms with E-state index in [1.165, 1.54) is 19.2 Å². The van der Waals surface area contributed by atoms with E-state index < -0.39 is 19.2 Å². The third-order valence-corrected chi connectivity index (χ3v) is 2.59. The van der Waals surface area contributed by atoms with Gasteiger partial charge < -0.3 is 14.8 Å². The van der Waals surface area contributed by atoms with E-state index in [9.17, 15) is 22.0 Å². The van der Waals surface area contributed by atoms with Gasteiger partial charge in [-0.25, -0.2) is 0 Å². The smallest absolute Gasteiger partial charge is 0.389 e. The van der Waals surface area contributed by atoms with E-state index in [0.717, 1.165) is 0 Å². The molecule has 0 amide bonds. The van der Waals surface area contributed by atoms with Gasteiger partial charge >= 0.3 is 12.8 Å². The van der Waals surface area contributed by atoms with E-state index in [0.29, 0.717) is 5.56 Å². The predicted octanol–water partition coefficient (Wildman–Crippen LogP) is 3.73. The van der Waals surface area contributed by atoms with Crippen LogP contribution >= 0.6 is 0 Å². The Kier molecular flexibility index (Phi) is 6.67. The maximum atomic E-state index is 12.2. The molecule has 120 valence electrons. The highest BCUT2D eigenvalue weighted by molar-refractivity contribution is 5.42. The third kappa shape index (κ3) is 7.12. The van der Waals surface area contributed by atoms with Gasteiger partial charge in [-0.1, -0.05) is 6.07 Å². The Labute approximate surface area is 119 Å². The van der Waals surface area contributed by atoms with Gasteiger partial charge in [0.25, 0.3) is 0 Å². The summed E-state index contributed by atoms with van der Waals surface area (Å²) in [6, 6.07) is 4.44. The molecule has 3 nitrogen and oxygen atoms in total. The maximum Gasteiger partial charge on any atom is 0.389 e. The zero-order valence-corrected chi connectivity index (χ0v) is 11.3. The fourth-order valence-corrected chi connectivity index (χ4v) is 1.67. The number of hydrogen-bond acceptors (Lipinski definition) is 3. The van der Waals surface area contributed by atoms with Gasteiger partial charge in [0.2, 0.25) is 0 Å². The van der Waals surface area contributed by atoms with Gasteiger partial charge in [-0.3, -0.25) is 0 Å². The van der Waals surface area contributed by atoms with Crippen LogP contribution in [0.25, 0.3) is 0 Å². The minimum atomic E-state index is -4.17. The minimum Gasteiger partial charge on any atom is -0.493 e. The highest BCUT2D eigenvalue weighted by Crippen LogP contribution is 2.29. The molecule has 1 aromatic rings. The molecule has 0 aromatic heterocycles. The van der Waals surface area contributed by atoms with Gasteiger partial charge in [-0.2, -0.15) is 22.0 Å². The van der Waals surface area contributed by atoms with Crippen molar-refractivity contribution in [3.63, 3.8) is 0 Å². The van der Waals surface area contributed by atoms with Gasteiger partial charge in [-0.05, 0) is 30.7 Å². The number of methoxy groups -OCH3 is 1. The van der Waals surface area contributed by atoms with Gasteiger partial charge in [0.1, 0.15) is 0 Å². The third-order valence-electron chi connectivity index (χ3n) is 2.59. The van der Waals surface area contributed by atoms with E-state index in [1.54, 1.807) is 6.07 Å². The zero-order chi connectivity index (χ0) is 15.9. The molecule has 0 spiro atoms. The first kappa shape index (κ1) is 17.5. The first-order valence-electron chi connectivity index (χ1n) is 6.21. The Hall–Kier alpha value is -1.57. The van der Waals surface area contributed by atoms with Crippen molar-refractivity contribution in [1.29, 1.82) is 0 Å². The standard InChI is InChI=1S/C13H16F5NO2/c1-20-10-4-3-9(7-11(10)21-12(14)15)8-19-6-2-5-13(16,17)18/h3-4,7,12,19H,2,5-6,8H2,1H3.